The van der Waals surface area contributed by atoms with Gasteiger partial charge >= 0.3 is 5.97 Å². The first kappa shape index (κ1) is 11.9. The number of carboxylic acids is 1. The standard InChI is InChI=1S/C10H19NO2S/c1-10(2,9(12)13)11(3)6-8-4-5-14-7-8/h8H,4-7H2,1-3H3,(H,12,13). The zero-order valence-electron chi connectivity index (χ0n) is 9.12. The quantitative estimate of drug-likeness (QED) is 0.775. The highest BCUT2D eigenvalue weighted by Crippen LogP contribution is 2.25. The number of nitrogens with zero attached hydrogens (tertiary/aromatic N) is 1. The van der Waals surface area contributed by atoms with E-state index in [-0.39, 0.29) is 0 Å². The molecule has 1 rings (SSSR count). The van der Waals surface area contributed by atoms with Crippen molar-refractivity contribution in [1.82, 2.24) is 4.90 Å². The topological polar surface area (TPSA) is 40.5 Å². The molecule has 0 aliphatic carbocycles. The predicted molar refractivity (Wildman–Crippen MR) is 59.8 cm³/mol. The van der Waals surface area contributed by atoms with Crippen LogP contribution in [0.15, 0.2) is 0 Å². The molecule has 0 saturated carbocycles. The molecule has 3 nitrogen and oxygen atoms in total. The van der Waals surface area contributed by atoms with Gasteiger partial charge in [0.15, 0.2) is 0 Å². The average Bonchev–Trinajstić information content (AvgIpc) is 2.56. The lowest BCUT2D eigenvalue weighted by Gasteiger charge is -2.33. The number of carbonyl (C=O) groups is 1. The molecule has 1 heterocycles. The van der Waals surface area contributed by atoms with Gasteiger partial charge in [0.2, 0.25) is 0 Å². The summed E-state index contributed by atoms with van der Waals surface area (Å²) < 4.78 is 0. The Labute approximate surface area is 89.9 Å². The molecule has 0 amide bonds. The van der Waals surface area contributed by atoms with Crippen LogP contribution in [0.5, 0.6) is 0 Å². The first-order chi connectivity index (χ1) is 6.44. The molecule has 0 aromatic heterocycles. The molecule has 1 unspecified atom stereocenters. The van der Waals surface area contributed by atoms with Gasteiger partial charge in [-0.3, -0.25) is 9.69 Å². The van der Waals surface area contributed by atoms with E-state index in [1.54, 1.807) is 13.8 Å². The van der Waals surface area contributed by atoms with Crippen molar-refractivity contribution in [3.63, 3.8) is 0 Å². The average molecular weight is 217 g/mol. The number of hydrogen-bond donors (Lipinski definition) is 1. The van der Waals surface area contributed by atoms with Gasteiger partial charge in [-0.25, -0.2) is 0 Å². The molecule has 1 aliphatic rings. The molecule has 1 atom stereocenters. The Morgan fingerprint density at radius 1 is 1.64 bits per heavy atom. The lowest BCUT2D eigenvalue weighted by Crippen LogP contribution is -2.49. The lowest BCUT2D eigenvalue weighted by molar-refractivity contribution is -0.148. The fourth-order valence-electron chi connectivity index (χ4n) is 1.51. The lowest BCUT2D eigenvalue weighted by atomic mass is 10.0. The van der Waals surface area contributed by atoms with Crippen LogP contribution < -0.4 is 0 Å². The van der Waals surface area contributed by atoms with E-state index < -0.39 is 11.5 Å². The zero-order valence-corrected chi connectivity index (χ0v) is 9.93. The number of carboxylic acid groups (broad SMARTS) is 1. The Balaban J connectivity index is 2.47. The molecule has 0 spiro atoms. The van der Waals surface area contributed by atoms with Crippen molar-refractivity contribution in [2.75, 3.05) is 25.1 Å². The molecule has 4 heteroatoms. The van der Waals surface area contributed by atoms with Gasteiger partial charge in [-0.1, -0.05) is 0 Å². The largest absolute Gasteiger partial charge is 0.480 e. The van der Waals surface area contributed by atoms with E-state index in [0.29, 0.717) is 5.92 Å². The van der Waals surface area contributed by atoms with Crippen LogP contribution in [0.2, 0.25) is 0 Å². The summed E-state index contributed by atoms with van der Waals surface area (Å²) in [5, 5.41) is 9.04. The van der Waals surface area contributed by atoms with Gasteiger partial charge in [0, 0.05) is 6.54 Å². The van der Waals surface area contributed by atoms with Crippen molar-refractivity contribution in [3.05, 3.63) is 0 Å². The summed E-state index contributed by atoms with van der Waals surface area (Å²) in [4.78, 5) is 12.9. The highest BCUT2D eigenvalue weighted by Gasteiger charge is 2.33. The SMILES string of the molecule is CN(CC1CCSC1)C(C)(C)C(=O)O. The minimum atomic E-state index is -0.745. The normalized spacial score (nSPS) is 23.0. The number of rotatable bonds is 4. The molecule has 0 aromatic rings. The molecular weight excluding hydrogens is 198 g/mol. The van der Waals surface area contributed by atoms with E-state index in [1.165, 1.54) is 17.9 Å². The first-order valence-corrected chi connectivity index (χ1v) is 6.12. The van der Waals surface area contributed by atoms with Crippen LogP contribution in [0, 0.1) is 5.92 Å². The van der Waals surface area contributed by atoms with Gasteiger partial charge in [0.1, 0.15) is 5.54 Å². The molecular formula is C10H19NO2S. The van der Waals surface area contributed by atoms with Gasteiger partial charge in [-0.2, -0.15) is 11.8 Å². The van der Waals surface area contributed by atoms with Crippen LogP contribution in [-0.4, -0.2) is 46.6 Å². The molecule has 14 heavy (non-hydrogen) atoms. The van der Waals surface area contributed by atoms with E-state index >= 15 is 0 Å². The minimum absolute atomic E-state index is 0.670. The molecule has 1 aliphatic heterocycles. The van der Waals surface area contributed by atoms with Crippen LogP contribution in [0.3, 0.4) is 0 Å². The molecule has 0 bridgehead atoms. The van der Waals surface area contributed by atoms with Crippen molar-refractivity contribution < 1.29 is 9.90 Å². The van der Waals surface area contributed by atoms with Gasteiger partial charge in [0.25, 0.3) is 0 Å². The third kappa shape index (κ3) is 2.64. The molecule has 1 fully saturated rings. The fourth-order valence-corrected chi connectivity index (χ4v) is 2.78. The van der Waals surface area contributed by atoms with Gasteiger partial charge in [-0.15, -0.1) is 0 Å². The Bertz CT molecular complexity index is 212. The predicted octanol–water partition coefficient (Wildman–Crippen LogP) is 1.53. The summed E-state index contributed by atoms with van der Waals surface area (Å²) in [5.74, 6) is 2.33. The first-order valence-electron chi connectivity index (χ1n) is 4.97. The van der Waals surface area contributed by atoms with Crippen molar-refractivity contribution in [1.29, 1.82) is 0 Å². The Morgan fingerprint density at radius 3 is 2.71 bits per heavy atom. The summed E-state index contributed by atoms with van der Waals surface area (Å²) >= 11 is 1.97. The second kappa shape index (κ2) is 4.53. The Hall–Kier alpha value is -0.220. The molecule has 1 saturated heterocycles. The number of thioether (sulfide) groups is 1. The van der Waals surface area contributed by atoms with Gasteiger partial charge in [0.05, 0.1) is 0 Å². The second-order valence-electron chi connectivity index (χ2n) is 4.47. The molecule has 0 radical (unpaired) electrons. The summed E-state index contributed by atoms with van der Waals surface area (Å²) in [7, 11) is 1.90. The van der Waals surface area contributed by atoms with Crippen molar-refractivity contribution in [3.8, 4) is 0 Å². The monoisotopic (exact) mass is 217 g/mol. The maximum Gasteiger partial charge on any atom is 0.323 e. The Morgan fingerprint density at radius 2 is 2.29 bits per heavy atom. The minimum Gasteiger partial charge on any atom is -0.480 e. The number of aliphatic carboxylic acids is 1. The molecule has 82 valence electrons. The second-order valence-corrected chi connectivity index (χ2v) is 5.62. The van der Waals surface area contributed by atoms with Gasteiger partial charge in [-0.05, 0) is 44.7 Å². The third-order valence-corrected chi connectivity index (χ3v) is 4.27. The van der Waals surface area contributed by atoms with E-state index in [4.69, 9.17) is 5.11 Å². The van der Waals surface area contributed by atoms with E-state index in [1.807, 2.05) is 23.7 Å². The maximum absolute atomic E-state index is 11.0. The summed E-state index contributed by atoms with van der Waals surface area (Å²) in [6, 6.07) is 0. The zero-order chi connectivity index (χ0) is 10.8. The number of likely N-dealkylation sites (N-methyl/N-ethyl adjacent to an activating group) is 1. The summed E-state index contributed by atoms with van der Waals surface area (Å²) in [5.41, 5.74) is -0.743. The van der Waals surface area contributed by atoms with E-state index in [9.17, 15) is 4.79 Å². The third-order valence-electron chi connectivity index (χ3n) is 3.03. The van der Waals surface area contributed by atoms with Gasteiger partial charge < -0.3 is 5.11 Å². The van der Waals surface area contributed by atoms with E-state index in [0.717, 1.165) is 6.54 Å². The van der Waals surface area contributed by atoms with Crippen molar-refractivity contribution in [2.45, 2.75) is 25.8 Å². The van der Waals surface area contributed by atoms with E-state index in [2.05, 4.69) is 0 Å². The van der Waals surface area contributed by atoms with Crippen LogP contribution in [0.25, 0.3) is 0 Å². The van der Waals surface area contributed by atoms with Crippen molar-refractivity contribution in [2.24, 2.45) is 5.92 Å². The van der Waals surface area contributed by atoms with Crippen LogP contribution in [-0.2, 0) is 4.79 Å². The number of hydrogen-bond acceptors (Lipinski definition) is 3. The fraction of sp³-hybridized carbons (Fsp3) is 0.900. The summed E-state index contributed by atoms with van der Waals surface area (Å²) in [6.07, 6.45) is 1.23. The van der Waals surface area contributed by atoms with Crippen LogP contribution in [0.4, 0.5) is 0 Å². The smallest absolute Gasteiger partial charge is 0.323 e. The summed E-state index contributed by atoms with van der Waals surface area (Å²) in [6.45, 7) is 4.42. The van der Waals surface area contributed by atoms with Crippen molar-refractivity contribution >= 4 is 17.7 Å². The highest BCUT2D eigenvalue weighted by molar-refractivity contribution is 7.99. The molecule has 1 N–H and O–H groups in total. The van der Waals surface area contributed by atoms with Crippen LogP contribution in [0.1, 0.15) is 20.3 Å². The maximum atomic E-state index is 11.0. The van der Waals surface area contributed by atoms with Crippen LogP contribution >= 0.6 is 11.8 Å². The Kier molecular flexibility index (Phi) is 3.84. The molecule has 0 aromatic carbocycles. The highest BCUT2D eigenvalue weighted by atomic mass is 32.2.